The number of nitrogens with zero attached hydrogens (tertiary/aromatic N) is 2. The summed E-state index contributed by atoms with van der Waals surface area (Å²) >= 11 is 0. The number of H-pyrrole nitrogens is 1. The predicted octanol–water partition coefficient (Wildman–Crippen LogP) is 7.39. The molecule has 2 fully saturated rings. The van der Waals surface area contributed by atoms with E-state index in [1.165, 1.54) is 44.9 Å². The number of likely N-dealkylation sites (tertiary alicyclic amines) is 1. The molecular formula is C28H45N3O2. The van der Waals surface area contributed by atoms with Crippen LogP contribution in [0.4, 0.5) is 4.79 Å². The second kappa shape index (κ2) is 11.0. The lowest BCUT2D eigenvalue weighted by atomic mass is 9.89. The minimum Gasteiger partial charge on any atom is -0.444 e. The molecule has 1 aliphatic heterocycles. The molecule has 1 N–H and O–H groups in total. The number of piperidine rings is 1. The summed E-state index contributed by atoms with van der Waals surface area (Å²) in [6.07, 6.45) is 15.1. The maximum Gasteiger partial charge on any atom is 0.411 e. The monoisotopic (exact) mass is 455 g/mol. The molecule has 184 valence electrons. The summed E-state index contributed by atoms with van der Waals surface area (Å²) in [6.45, 7) is 12.7. The number of aromatic nitrogens is 2. The van der Waals surface area contributed by atoms with E-state index in [9.17, 15) is 4.79 Å². The van der Waals surface area contributed by atoms with E-state index < -0.39 is 5.60 Å². The van der Waals surface area contributed by atoms with Gasteiger partial charge in [-0.05, 0) is 63.7 Å². The van der Waals surface area contributed by atoms with Crippen molar-refractivity contribution < 1.29 is 9.53 Å². The molecule has 1 aromatic heterocycles. The Morgan fingerprint density at radius 1 is 1.06 bits per heavy atom. The molecular weight excluding hydrogens is 410 g/mol. The van der Waals surface area contributed by atoms with Gasteiger partial charge in [-0.15, -0.1) is 0 Å². The number of amides is 1. The van der Waals surface area contributed by atoms with Gasteiger partial charge in [-0.3, -0.25) is 4.90 Å². The van der Waals surface area contributed by atoms with Crippen LogP contribution in [0.15, 0.2) is 6.20 Å². The molecule has 0 radical (unpaired) electrons. The van der Waals surface area contributed by atoms with Gasteiger partial charge in [0.15, 0.2) is 0 Å². The Labute approximate surface area is 201 Å². The SMILES string of the molecule is CC(C)(C)CCCCCCCCCC#Cc1cnc([C@@H]2C[C@H]3C[C@H]3N2C(=O)OC(C)(C)C)[nH]1. The van der Waals surface area contributed by atoms with Gasteiger partial charge in [-0.2, -0.15) is 0 Å². The molecule has 0 bridgehead atoms. The third kappa shape index (κ3) is 8.40. The lowest BCUT2D eigenvalue weighted by Gasteiger charge is -2.29. The molecule has 1 saturated heterocycles. The molecule has 5 heteroatoms. The van der Waals surface area contributed by atoms with Crippen LogP contribution in [-0.2, 0) is 4.74 Å². The van der Waals surface area contributed by atoms with Crippen molar-refractivity contribution in [2.24, 2.45) is 11.3 Å². The number of carbonyl (C=O) groups excluding carboxylic acids is 1. The second-order valence-corrected chi connectivity index (χ2v) is 12.2. The van der Waals surface area contributed by atoms with Crippen molar-refractivity contribution in [3.8, 4) is 11.8 Å². The number of ether oxygens (including phenoxy) is 1. The van der Waals surface area contributed by atoms with E-state index in [-0.39, 0.29) is 12.1 Å². The van der Waals surface area contributed by atoms with E-state index in [1.807, 2.05) is 25.7 Å². The molecule has 1 aromatic rings. The first kappa shape index (κ1) is 25.7. The fraction of sp³-hybridized carbons (Fsp3) is 0.786. The highest BCUT2D eigenvalue weighted by molar-refractivity contribution is 5.70. The Hall–Kier alpha value is -1.96. The number of hydrogen-bond donors (Lipinski definition) is 1. The molecule has 5 nitrogen and oxygen atoms in total. The summed E-state index contributed by atoms with van der Waals surface area (Å²) in [7, 11) is 0. The fourth-order valence-corrected chi connectivity index (χ4v) is 4.76. The van der Waals surface area contributed by atoms with Crippen LogP contribution >= 0.6 is 0 Å². The Morgan fingerprint density at radius 2 is 1.73 bits per heavy atom. The lowest BCUT2D eigenvalue weighted by Crippen LogP contribution is -2.38. The summed E-state index contributed by atoms with van der Waals surface area (Å²) < 4.78 is 5.65. The molecule has 0 spiro atoms. The molecule has 2 heterocycles. The highest BCUT2D eigenvalue weighted by Gasteiger charge is 2.56. The minimum atomic E-state index is -0.485. The number of carbonyl (C=O) groups is 1. The molecule has 3 atom stereocenters. The first-order valence-corrected chi connectivity index (χ1v) is 13.1. The van der Waals surface area contributed by atoms with Gasteiger partial charge < -0.3 is 9.72 Å². The number of imidazole rings is 1. The van der Waals surface area contributed by atoms with Crippen LogP contribution in [0, 0.1) is 23.2 Å². The molecule has 0 unspecified atom stereocenters. The topological polar surface area (TPSA) is 58.2 Å². The van der Waals surface area contributed by atoms with Gasteiger partial charge in [0.1, 0.15) is 17.1 Å². The average molecular weight is 456 g/mol. The Morgan fingerprint density at radius 3 is 2.39 bits per heavy atom. The fourth-order valence-electron chi connectivity index (χ4n) is 4.76. The van der Waals surface area contributed by atoms with Gasteiger partial charge in [0.25, 0.3) is 0 Å². The first-order chi connectivity index (χ1) is 15.5. The van der Waals surface area contributed by atoms with Gasteiger partial charge in [0.2, 0.25) is 0 Å². The summed E-state index contributed by atoms with van der Waals surface area (Å²) in [5.74, 6) is 7.93. The molecule has 1 amide bonds. The molecule has 0 aromatic carbocycles. The van der Waals surface area contributed by atoms with E-state index >= 15 is 0 Å². The van der Waals surface area contributed by atoms with E-state index in [1.54, 1.807) is 6.20 Å². The number of unbranched alkanes of at least 4 members (excludes halogenated alkanes) is 7. The normalized spacial score (nSPS) is 22.0. The largest absolute Gasteiger partial charge is 0.444 e. The van der Waals surface area contributed by atoms with E-state index in [0.717, 1.165) is 37.2 Å². The zero-order valence-electron chi connectivity index (χ0n) is 21.8. The number of aromatic amines is 1. The first-order valence-electron chi connectivity index (χ1n) is 13.1. The molecule has 33 heavy (non-hydrogen) atoms. The van der Waals surface area contributed by atoms with Crippen LogP contribution in [0.3, 0.4) is 0 Å². The summed E-state index contributed by atoms with van der Waals surface area (Å²) in [6, 6.07) is 0.283. The van der Waals surface area contributed by atoms with Crippen LogP contribution in [0.2, 0.25) is 0 Å². The van der Waals surface area contributed by atoms with Crippen LogP contribution in [0.25, 0.3) is 0 Å². The van der Waals surface area contributed by atoms with Crippen molar-refractivity contribution in [1.29, 1.82) is 0 Å². The highest BCUT2D eigenvalue weighted by Crippen LogP contribution is 2.53. The van der Waals surface area contributed by atoms with Crippen molar-refractivity contribution >= 4 is 6.09 Å². The number of hydrogen-bond acceptors (Lipinski definition) is 3. The number of nitrogens with one attached hydrogen (secondary N) is 1. The zero-order chi connectivity index (χ0) is 24.1. The number of rotatable bonds is 9. The van der Waals surface area contributed by atoms with Crippen LogP contribution < -0.4 is 0 Å². The predicted molar refractivity (Wildman–Crippen MR) is 134 cm³/mol. The smallest absolute Gasteiger partial charge is 0.411 e. The Bertz CT molecular complexity index is 834. The third-order valence-corrected chi connectivity index (χ3v) is 6.57. The lowest BCUT2D eigenvalue weighted by molar-refractivity contribution is 0.0175. The number of fused-ring (bicyclic) bond motifs is 1. The van der Waals surface area contributed by atoms with Gasteiger partial charge in [0.05, 0.1) is 12.2 Å². The van der Waals surface area contributed by atoms with Crippen molar-refractivity contribution in [1.82, 2.24) is 14.9 Å². The van der Waals surface area contributed by atoms with Crippen LogP contribution in [-0.4, -0.2) is 32.6 Å². The Balaban J connectivity index is 1.35. The molecule has 3 rings (SSSR count). The van der Waals surface area contributed by atoms with Crippen molar-refractivity contribution in [3.63, 3.8) is 0 Å². The second-order valence-electron chi connectivity index (χ2n) is 12.2. The van der Waals surface area contributed by atoms with Crippen LogP contribution in [0.5, 0.6) is 0 Å². The average Bonchev–Trinajstić information content (AvgIpc) is 3.13. The van der Waals surface area contributed by atoms with Crippen molar-refractivity contribution in [2.45, 2.75) is 130 Å². The van der Waals surface area contributed by atoms with E-state index in [0.29, 0.717) is 17.4 Å². The van der Waals surface area contributed by atoms with Crippen molar-refractivity contribution in [2.75, 3.05) is 0 Å². The van der Waals surface area contributed by atoms with E-state index in [2.05, 4.69) is 42.6 Å². The highest BCUT2D eigenvalue weighted by atomic mass is 16.6. The summed E-state index contributed by atoms with van der Waals surface area (Å²) in [5, 5.41) is 0. The zero-order valence-corrected chi connectivity index (χ0v) is 21.8. The third-order valence-electron chi connectivity index (χ3n) is 6.57. The van der Waals surface area contributed by atoms with Gasteiger partial charge in [0, 0.05) is 12.5 Å². The molecule has 1 saturated carbocycles. The van der Waals surface area contributed by atoms with Gasteiger partial charge in [-0.25, -0.2) is 9.78 Å². The Kier molecular flexibility index (Phi) is 8.54. The molecule has 1 aliphatic carbocycles. The summed E-state index contributed by atoms with van der Waals surface area (Å²) in [5.41, 5.74) is 0.831. The van der Waals surface area contributed by atoms with E-state index in [4.69, 9.17) is 4.74 Å². The maximum absolute atomic E-state index is 12.7. The quantitative estimate of drug-likeness (QED) is 0.312. The van der Waals surface area contributed by atoms with Crippen LogP contribution in [0.1, 0.15) is 130 Å². The molecule has 2 aliphatic rings. The van der Waals surface area contributed by atoms with Gasteiger partial charge >= 0.3 is 6.09 Å². The minimum absolute atomic E-state index is 0.0254. The van der Waals surface area contributed by atoms with Crippen molar-refractivity contribution in [3.05, 3.63) is 17.7 Å². The van der Waals surface area contributed by atoms with Gasteiger partial charge in [-0.1, -0.05) is 65.2 Å². The summed E-state index contributed by atoms with van der Waals surface area (Å²) in [4.78, 5) is 22.5. The standard InChI is InChI=1S/C28H45N3O2/c1-27(2,3)17-15-13-11-9-7-8-10-12-14-16-22-20-29-25(30-22)24-19-21-18-23(21)31(24)26(32)33-28(4,5)6/h20-21,23-24H,7-13,15,17-19H2,1-6H3,(H,29,30)/t21-,23-,24+/m1/s1. The maximum atomic E-state index is 12.7.